The fraction of sp³-hybridized carbons (Fsp3) is 0.625. The minimum Gasteiger partial charge on any atom is -0.496 e. The van der Waals surface area contributed by atoms with Crippen molar-refractivity contribution in [3.8, 4) is 5.75 Å². The predicted octanol–water partition coefficient (Wildman–Crippen LogP) is 3.12. The van der Waals surface area contributed by atoms with Crippen molar-refractivity contribution in [1.29, 1.82) is 0 Å². The zero-order valence-electron chi connectivity index (χ0n) is 17.4. The Labute approximate surface area is 168 Å². The number of ether oxygens (including phenoxy) is 2. The van der Waals surface area contributed by atoms with Crippen LogP contribution in [0.5, 0.6) is 5.75 Å². The largest absolute Gasteiger partial charge is 0.496 e. The van der Waals surface area contributed by atoms with Crippen molar-refractivity contribution in [3.05, 3.63) is 41.5 Å². The van der Waals surface area contributed by atoms with Gasteiger partial charge in [-0.1, -0.05) is 50.1 Å². The fourth-order valence-corrected chi connectivity index (χ4v) is 5.78. The maximum Gasteiger partial charge on any atom is 0.315 e. The Morgan fingerprint density at radius 1 is 1.32 bits per heavy atom. The summed E-state index contributed by atoms with van der Waals surface area (Å²) < 4.78 is 11.3. The van der Waals surface area contributed by atoms with E-state index in [1.54, 1.807) is 12.7 Å². The third kappa shape index (κ3) is 3.59. The number of fused-ring (bicyclic) bond motifs is 2. The average molecular weight is 385 g/mol. The number of para-hydroxylation sites is 1. The first-order chi connectivity index (χ1) is 13.5. The van der Waals surface area contributed by atoms with Crippen molar-refractivity contribution >= 4 is 5.97 Å². The molecule has 4 rings (SSSR count). The first-order valence-electron chi connectivity index (χ1n) is 10.9. The lowest BCUT2D eigenvalue weighted by Crippen LogP contribution is -2.86. The second-order valence-corrected chi connectivity index (χ2v) is 9.21. The Morgan fingerprint density at radius 3 is 2.96 bits per heavy atom. The van der Waals surface area contributed by atoms with E-state index in [0.717, 1.165) is 31.7 Å². The number of esters is 1. The molecule has 152 valence electrons. The van der Waals surface area contributed by atoms with Gasteiger partial charge in [-0.2, -0.15) is 0 Å². The third-order valence-electron chi connectivity index (χ3n) is 7.31. The first kappa shape index (κ1) is 19.5. The molecular formula is C24H34NO3+. The van der Waals surface area contributed by atoms with Crippen LogP contribution >= 0.6 is 0 Å². The number of nitrogens with two attached hydrogens (primary N) is 1. The maximum absolute atomic E-state index is 12.6. The van der Waals surface area contributed by atoms with E-state index in [4.69, 9.17) is 9.47 Å². The monoisotopic (exact) mass is 384 g/mol. The molecule has 2 fully saturated rings. The quantitative estimate of drug-likeness (QED) is 0.466. The number of benzene rings is 1. The molecule has 1 saturated heterocycles. The topological polar surface area (TPSA) is 52.1 Å². The van der Waals surface area contributed by atoms with Gasteiger partial charge in [-0.15, -0.1) is 0 Å². The molecule has 1 aromatic carbocycles. The summed E-state index contributed by atoms with van der Waals surface area (Å²) in [4.78, 5) is 12.6. The smallest absolute Gasteiger partial charge is 0.315 e. The van der Waals surface area contributed by atoms with Crippen LogP contribution < -0.4 is 10.1 Å². The van der Waals surface area contributed by atoms with E-state index in [1.807, 2.05) is 18.2 Å². The van der Waals surface area contributed by atoms with E-state index in [1.165, 1.54) is 24.8 Å². The van der Waals surface area contributed by atoms with Gasteiger partial charge in [0.15, 0.2) is 0 Å². The Balaban J connectivity index is 1.39. The van der Waals surface area contributed by atoms with Crippen LogP contribution in [-0.2, 0) is 16.0 Å². The molecule has 4 heteroatoms. The summed E-state index contributed by atoms with van der Waals surface area (Å²) in [5, 5.41) is 2.28. The van der Waals surface area contributed by atoms with Crippen molar-refractivity contribution in [2.75, 3.05) is 20.2 Å². The Bertz CT molecular complexity index is 758. The molecule has 1 saturated carbocycles. The van der Waals surface area contributed by atoms with Crippen LogP contribution in [0, 0.1) is 23.2 Å². The van der Waals surface area contributed by atoms with Crippen molar-refractivity contribution in [2.24, 2.45) is 23.2 Å². The zero-order valence-corrected chi connectivity index (χ0v) is 17.4. The van der Waals surface area contributed by atoms with Crippen LogP contribution in [-0.4, -0.2) is 32.3 Å². The van der Waals surface area contributed by atoms with Crippen molar-refractivity contribution in [3.63, 3.8) is 0 Å². The summed E-state index contributed by atoms with van der Waals surface area (Å²) in [5.41, 5.74) is 3.05. The van der Waals surface area contributed by atoms with E-state index in [-0.39, 0.29) is 29.3 Å². The van der Waals surface area contributed by atoms with Crippen LogP contribution in [0.3, 0.4) is 0 Å². The highest BCUT2D eigenvalue weighted by Crippen LogP contribution is 2.53. The molecule has 0 radical (unpaired) electrons. The van der Waals surface area contributed by atoms with Gasteiger partial charge in [-0.25, -0.2) is 0 Å². The molecule has 3 aliphatic rings. The average Bonchev–Trinajstić information content (AvgIpc) is 2.97. The van der Waals surface area contributed by atoms with E-state index >= 15 is 0 Å². The molecule has 0 aromatic heterocycles. The Hall–Kier alpha value is -1.81. The fourth-order valence-electron chi connectivity index (χ4n) is 5.78. The van der Waals surface area contributed by atoms with Crippen molar-refractivity contribution in [2.45, 2.75) is 52.1 Å². The number of quaternary nitrogens is 1. The predicted molar refractivity (Wildman–Crippen MR) is 109 cm³/mol. The lowest BCUT2D eigenvalue weighted by molar-refractivity contribution is -0.658. The van der Waals surface area contributed by atoms with Gasteiger partial charge < -0.3 is 14.8 Å². The van der Waals surface area contributed by atoms with Crippen LogP contribution in [0.1, 0.15) is 45.1 Å². The van der Waals surface area contributed by atoms with Crippen molar-refractivity contribution in [1.82, 2.24) is 0 Å². The molecule has 1 aliphatic heterocycles. The van der Waals surface area contributed by atoms with E-state index in [2.05, 4.69) is 31.3 Å². The normalized spacial score (nSPS) is 34.2. The van der Waals surface area contributed by atoms with Gasteiger partial charge in [0.05, 0.1) is 20.2 Å². The number of rotatable bonds is 6. The number of hydrogen-bond acceptors (Lipinski definition) is 3. The lowest BCUT2D eigenvalue weighted by Gasteiger charge is -2.45. The molecule has 4 nitrogen and oxygen atoms in total. The molecular weight excluding hydrogens is 350 g/mol. The summed E-state index contributed by atoms with van der Waals surface area (Å²) in [5.74, 6) is 1.85. The third-order valence-corrected chi connectivity index (χ3v) is 7.31. The van der Waals surface area contributed by atoms with E-state index in [9.17, 15) is 4.79 Å². The van der Waals surface area contributed by atoms with Crippen LogP contribution in [0.15, 0.2) is 35.9 Å². The van der Waals surface area contributed by atoms with Crippen molar-refractivity contribution < 1.29 is 19.6 Å². The Morgan fingerprint density at radius 2 is 2.14 bits per heavy atom. The number of allylic oxidation sites excluding steroid dienone is 1. The van der Waals surface area contributed by atoms with Gasteiger partial charge in [0.2, 0.25) is 0 Å². The minimum absolute atomic E-state index is 0.00570. The summed E-state index contributed by atoms with van der Waals surface area (Å²) in [7, 11) is 1.72. The molecule has 1 heterocycles. The Kier molecular flexibility index (Phi) is 5.50. The molecule has 0 amide bonds. The van der Waals surface area contributed by atoms with Crippen LogP contribution in [0.4, 0.5) is 0 Å². The molecule has 28 heavy (non-hydrogen) atoms. The highest BCUT2D eigenvalue weighted by molar-refractivity contribution is 5.76. The van der Waals surface area contributed by atoms with Crippen LogP contribution in [0.2, 0.25) is 0 Å². The van der Waals surface area contributed by atoms with Gasteiger partial charge >= 0.3 is 5.97 Å². The second kappa shape index (κ2) is 7.90. The second-order valence-electron chi connectivity index (χ2n) is 9.21. The lowest BCUT2D eigenvalue weighted by atomic mass is 9.59. The number of carbonyl (C=O) groups excluding carboxylic acids is 1. The molecule has 2 aliphatic carbocycles. The van der Waals surface area contributed by atoms with E-state index < -0.39 is 0 Å². The molecule has 0 spiro atoms. The summed E-state index contributed by atoms with van der Waals surface area (Å²) >= 11 is 0. The first-order valence-corrected chi connectivity index (χ1v) is 10.9. The minimum atomic E-state index is -0.00570. The number of hydrogen-bond donors (Lipinski definition) is 1. The molecule has 0 bridgehead atoms. The summed E-state index contributed by atoms with van der Waals surface area (Å²) in [6.07, 6.45) is 8.29. The zero-order chi connectivity index (χ0) is 19.7. The summed E-state index contributed by atoms with van der Waals surface area (Å²) in [6.45, 7) is 6.50. The molecule has 0 unspecified atom stereocenters. The van der Waals surface area contributed by atoms with Gasteiger partial charge in [-0.3, -0.25) is 4.79 Å². The van der Waals surface area contributed by atoms with Gasteiger partial charge in [0.1, 0.15) is 17.8 Å². The number of methoxy groups -OCH3 is 1. The SMILES string of the molecule is COc1ccccc1CC[NH2+]C[C@@H]1C(=O)O[C@@H]2C[C@@]3(C)CCC[C@@H](C)C3=C[C@H]12. The van der Waals surface area contributed by atoms with E-state index in [0.29, 0.717) is 5.92 Å². The standard InChI is InChI=1S/C24H33NO3/c1-16-7-6-11-24(2)14-22-18(13-20(16)24)19(23(26)28-22)15-25-12-10-17-8-4-5-9-21(17)27-3/h4-5,8-9,13,16,18-19,22,25H,6-7,10-12,14-15H2,1-3H3/p+1/t16-,18-,19+,22-,24-/m1/s1. The van der Waals surface area contributed by atoms with Gasteiger partial charge in [0.25, 0.3) is 0 Å². The van der Waals surface area contributed by atoms with Crippen LogP contribution in [0.25, 0.3) is 0 Å². The van der Waals surface area contributed by atoms with Gasteiger partial charge in [0, 0.05) is 12.3 Å². The highest BCUT2D eigenvalue weighted by atomic mass is 16.6. The number of carbonyl (C=O) groups is 1. The van der Waals surface area contributed by atoms with Gasteiger partial charge in [-0.05, 0) is 42.2 Å². The maximum atomic E-state index is 12.6. The highest BCUT2D eigenvalue weighted by Gasteiger charge is 2.52. The summed E-state index contributed by atoms with van der Waals surface area (Å²) in [6, 6.07) is 8.17. The molecule has 2 N–H and O–H groups in total. The molecule has 5 atom stereocenters. The molecule has 1 aromatic rings.